The molecule has 0 aliphatic heterocycles. The Bertz CT molecular complexity index is 363. The maximum atomic E-state index is 12.3. The van der Waals surface area contributed by atoms with Gasteiger partial charge in [-0.25, -0.2) is 0 Å². The largest absolute Gasteiger partial charge is 0.399 e. The first kappa shape index (κ1) is 13.2. The Hall–Kier alpha value is -0.900. The van der Waals surface area contributed by atoms with Crippen LogP contribution in [0, 0.1) is 5.92 Å². The number of anilines is 1. The molecule has 0 aliphatic rings. The zero-order chi connectivity index (χ0) is 12.3. The summed E-state index contributed by atoms with van der Waals surface area (Å²) in [4.78, 5) is 0. The average Bonchev–Trinajstić information content (AvgIpc) is 2.17. The molecule has 16 heavy (non-hydrogen) atoms. The number of nitrogen functional groups attached to an aromatic ring is 1. The number of alkyl halides is 3. The molecule has 0 saturated carbocycles. The van der Waals surface area contributed by atoms with Crippen LogP contribution in [0.15, 0.2) is 18.2 Å². The van der Waals surface area contributed by atoms with Crippen molar-refractivity contribution in [1.29, 1.82) is 0 Å². The molecule has 0 bridgehead atoms. The lowest BCUT2D eigenvalue weighted by atomic mass is 10.00. The number of nitrogens with two attached hydrogens (primary N) is 1. The molecule has 0 heterocycles. The highest BCUT2D eigenvalue weighted by molar-refractivity contribution is 6.30. The van der Waals surface area contributed by atoms with Crippen LogP contribution >= 0.6 is 11.6 Å². The van der Waals surface area contributed by atoms with Crippen molar-refractivity contribution in [2.45, 2.75) is 25.9 Å². The first-order valence-electron chi connectivity index (χ1n) is 4.91. The average molecular weight is 252 g/mol. The molecule has 0 amide bonds. The fraction of sp³-hybridized carbons (Fsp3) is 0.455. The molecule has 0 aliphatic carbocycles. The summed E-state index contributed by atoms with van der Waals surface area (Å²) in [5.74, 6) is -1.33. The molecule has 1 aromatic carbocycles. The van der Waals surface area contributed by atoms with Crippen LogP contribution in [0.3, 0.4) is 0 Å². The summed E-state index contributed by atoms with van der Waals surface area (Å²) >= 11 is 5.74. The van der Waals surface area contributed by atoms with Gasteiger partial charge in [0.1, 0.15) is 0 Å². The zero-order valence-corrected chi connectivity index (χ0v) is 9.57. The van der Waals surface area contributed by atoms with Crippen LogP contribution in [0.25, 0.3) is 0 Å². The number of benzene rings is 1. The SMILES string of the molecule is CC(CCc1cc(Cl)ccc1N)C(F)(F)F. The van der Waals surface area contributed by atoms with Crippen molar-refractivity contribution < 1.29 is 13.2 Å². The minimum atomic E-state index is -4.15. The summed E-state index contributed by atoms with van der Waals surface area (Å²) < 4.78 is 36.8. The highest BCUT2D eigenvalue weighted by atomic mass is 35.5. The fourth-order valence-electron chi connectivity index (χ4n) is 1.33. The minimum absolute atomic E-state index is 0.0219. The van der Waals surface area contributed by atoms with Crippen LogP contribution in [-0.2, 0) is 6.42 Å². The van der Waals surface area contributed by atoms with E-state index >= 15 is 0 Å². The number of halogens is 4. The van der Waals surface area contributed by atoms with Gasteiger partial charge in [-0.2, -0.15) is 13.2 Å². The van der Waals surface area contributed by atoms with Crippen molar-refractivity contribution in [3.8, 4) is 0 Å². The molecule has 2 N–H and O–H groups in total. The quantitative estimate of drug-likeness (QED) is 0.806. The molecule has 0 aromatic heterocycles. The van der Waals surface area contributed by atoms with Gasteiger partial charge in [0, 0.05) is 10.7 Å². The second kappa shape index (κ2) is 4.95. The lowest BCUT2D eigenvalue weighted by Gasteiger charge is -2.15. The molecule has 5 heteroatoms. The molecular weight excluding hydrogens is 239 g/mol. The molecular formula is C11H13ClF3N. The minimum Gasteiger partial charge on any atom is -0.399 e. The van der Waals surface area contributed by atoms with E-state index in [-0.39, 0.29) is 12.8 Å². The van der Waals surface area contributed by atoms with E-state index < -0.39 is 12.1 Å². The predicted octanol–water partition coefficient (Wildman–Crippen LogP) is 4.05. The monoisotopic (exact) mass is 251 g/mol. The Kier molecular flexibility index (Phi) is 4.08. The van der Waals surface area contributed by atoms with E-state index in [4.69, 9.17) is 17.3 Å². The number of rotatable bonds is 3. The van der Waals surface area contributed by atoms with E-state index in [1.54, 1.807) is 18.2 Å². The Morgan fingerprint density at radius 2 is 2.00 bits per heavy atom. The lowest BCUT2D eigenvalue weighted by Crippen LogP contribution is -2.20. The van der Waals surface area contributed by atoms with Gasteiger partial charge in [0.15, 0.2) is 0 Å². The van der Waals surface area contributed by atoms with Crippen molar-refractivity contribution in [2.75, 3.05) is 5.73 Å². The number of hydrogen-bond donors (Lipinski definition) is 1. The van der Waals surface area contributed by atoms with Crippen LogP contribution in [-0.4, -0.2) is 6.18 Å². The normalized spacial score (nSPS) is 13.8. The molecule has 1 aromatic rings. The van der Waals surface area contributed by atoms with Crippen LogP contribution in [0.5, 0.6) is 0 Å². The van der Waals surface area contributed by atoms with Gasteiger partial charge >= 0.3 is 6.18 Å². The van der Waals surface area contributed by atoms with Crippen molar-refractivity contribution in [3.05, 3.63) is 28.8 Å². The third-order valence-corrected chi connectivity index (χ3v) is 2.75. The van der Waals surface area contributed by atoms with Crippen molar-refractivity contribution in [1.82, 2.24) is 0 Å². The van der Waals surface area contributed by atoms with Gasteiger partial charge in [-0.1, -0.05) is 18.5 Å². The van der Waals surface area contributed by atoms with Crippen LogP contribution < -0.4 is 5.73 Å². The van der Waals surface area contributed by atoms with Crippen LogP contribution in [0.2, 0.25) is 5.02 Å². The summed E-state index contributed by atoms with van der Waals surface area (Å²) in [6.07, 6.45) is -3.84. The van der Waals surface area contributed by atoms with E-state index in [2.05, 4.69) is 0 Å². The summed E-state index contributed by atoms with van der Waals surface area (Å²) in [5.41, 5.74) is 6.80. The summed E-state index contributed by atoms with van der Waals surface area (Å²) in [6, 6.07) is 4.84. The maximum Gasteiger partial charge on any atom is 0.391 e. The summed E-state index contributed by atoms with van der Waals surface area (Å²) in [5, 5.41) is 0.490. The summed E-state index contributed by atoms with van der Waals surface area (Å²) in [7, 11) is 0. The zero-order valence-electron chi connectivity index (χ0n) is 8.81. The molecule has 0 fully saturated rings. The van der Waals surface area contributed by atoms with E-state index in [0.29, 0.717) is 16.3 Å². The van der Waals surface area contributed by atoms with Crippen LogP contribution in [0.4, 0.5) is 18.9 Å². The molecule has 1 atom stereocenters. The lowest BCUT2D eigenvalue weighted by molar-refractivity contribution is -0.170. The highest BCUT2D eigenvalue weighted by Gasteiger charge is 2.35. The molecule has 0 saturated heterocycles. The van der Waals surface area contributed by atoms with Gasteiger partial charge in [-0.15, -0.1) is 0 Å². The van der Waals surface area contributed by atoms with Gasteiger partial charge < -0.3 is 5.73 Å². The first-order valence-corrected chi connectivity index (χ1v) is 5.29. The Balaban J connectivity index is 2.64. The third-order valence-electron chi connectivity index (χ3n) is 2.51. The molecule has 1 nitrogen and oxygen atoms in total. The fourth-order valence-corrected chi connectivity index (χ4v) is 1.52. The van der Waals surface area contributed by atoms with E-state index in [1.165, 1.54) is 6.92 Å². The van der Waals surface area contributed by atoms with E-state index in [0.717, 1.165) is 0 Å². The van der Waals surface area contributed by atoms with E-state index in [1.807, 2.05) is 0 Å². The molecule has 0 spiro atoms. The smallest absolute Gasteiger partial charge is 0.391 e. The number of aryl methyl sites for hydroxylation is 1. The Labute approximate surface area is 97.4 Å². The molecule has 1 unspecified atom stereocenters. The standard InChI is InChI=1S/C11H13ClF3N/c1-7(11(13,14)15)2-3-8-6-9(12)4-5-10(8)16/h4-7H,2-3,16H2,1H3. The molecule has 90 valence electrons. The van der Waals surface area contributed by atoms with Crippen molar-refractivity contribution in [2.24, 2.45) is 5.92 Å². The van der Waals surface area contributed by atoms with Gasteiger partial charge in [0.2, 0.25) is 0 Å². The van der Waals surface area contributed by atoms with Crippen molar-refractivity contribution in [3.63, 3.8) is 0 Å². The Morgan fingerprint density at radius 3 is 2.56 bits per heavy atom. The van der Waals surface area contributed by atoms with Crippen LogP contribution in [0.1, 0.15) is 18.9 Å². The Morgan fingerprint density at radius 1 is 1.38 bits per heavy atom. The van der Waals surface area contributed by atoms with Gasteiger partial charge in [0.25, 0.3) is 0 Å². The van der Waals surface area contributed by atoms with Gasteiger partial charge in [0.05, 0.1) is 5.92 Å². The summed E-state index contributed by atoms with van der Waals surface area (Å²) in [6.45, 7) is 1.17. The number of hydrogen-bond acceptors (Lipinski definition) is 1. The second-order valence-electron chi connectivity index (χ2n) is 3.82. The van der Waals surface area contributed by atoms with Crippen molar-refractivity contribution >= 4 is 17.3 Å². The molecule has 1 rings (SSSR count). The third kappa shape index (κ3) is 3.59. The topological polar surface area (TPSA) is 26.0 Å². The first-order chi connectivity index (χ1) is 7.30. The molecule has 0 radical (unpaired) electrons. The highest BCUT2D eigenvalue weighted by Crippen LogP contribution is 2.30. The van der Waals surface area contributed by atoms with Gasteiger partial charge in [-0.3, -0.25) is 0 Å². The van der Waals surface area contributed by atoms with E-state index in [9.17, 15) is 13.2 Å². The predicted molar refractivity (Wildman–Crippen MR) is 59.4 cm³/mol. The van der Waals surface area contributed by atoms with Gasteiger partial charge in [-0.05, 0) is 36.6 Å². The maximum absolute atomic E-state index is 12.3. The second-order valence-corrected chi connectivity index (χ2v) is 4.26.